The van der Waals surface area contributed by atoms with Gasteiger partial charge in [-0.25, -0.2) is 4.79 Å². The van der Waals surface area contributed by atoms with E-state index >= 15 is 0 Å². The highest BCUT2D eigenvalue weighted by molar-refractivity contribution is 9.09. The Morgan fingerprint density at radius 3 is 2.93 bits per heavy atom. The van der Waals surface area contributed by atoms with E-state index in [1.54, 1.807) is 4.57 Å². The smallest absolute Gasteiger partial charge is 0.331 e. The molecule has 4 nitrogen and oxygen atoms in total. The first-order valence-electron chi connectivity index (χ1n) is 4.83. The molecular formula is C9H13BrN2O2. The molecule has 5 heteroatoms. The fraction of sp³-hybridized carbons (Fsp3) is 0.667. The van der Waals surface area contributed by atoms with Crippen LogP contribution in [0.1, 0.15) is 18.5 Å². The predicted octanol–water partition coefficient (Wildman–Crippen LogP) is 1.09. The number of fused-ring (bicyclic) bond motifs is 1. The number of rotatable bonds is 3. The Balaban J connectivity index is 2.37. The van der Waals surface area contributed by atoms with Crippen LogP contribution in [0.4, 0.5) is 0 Å². The van der Waals surface area contributed by atoms with Crippen molar-refractivity contribution in [1.29, 1.82) is 0 Å². The number of hydrogen-bond acceptors (Lipinski definition) is 2. The zero-order valence-corrected chi connectivity index (χ0v) is 9.46. The molecule has 0 fully saturated rings. The third kappa shape index (κ3) is 1.39. The molecule has 2 heterocycles. The van der Waals surface area contributed by atoms with Crippen molar-refractivity contribution in [3.05, 3.63) is 16.2 Å². The molecule has 1 aromatic rings. The normalized spacial score (nSPS) is 14.6. The van der Waals surface area contributed by atoms with Crippen molar-refractivity contribution >= 4 is 15.9 Å². The van der Waals surface area contributed by atoms with Gasteiger partial charge < -0.3 is 5.11 Å². The third-order valence-corrected chi connectivity index (χ3v) is 3.17. The van der Waals surface area contributed by atoms with Crippen molar-refractivity contribution in [1.82, 2.24) is 9.13 Å². The van der Waals surface area contributed by atoms with Crippen molar-refractivity contribution in [3.63, 3.8) is 0 Å². The lowest BCUT2D eigenvalue weighted by molar-refractivity contribution is 0.406. The minimum atomic E-state index is -0.0593. The second-order valence-corrected chi connectivity index (χ2v) is 4.30. The summed E-state index contributed by atoms with van der Waals surface area (Å²) in [7, 11) is 0. The first-order valence-corrected chi connectivity index (χ1v) is 5.95. The summed E-state index contributed by atoms with van der Waals surface area (Å²) in [5.74, 6) is 0.174. The Morgan fingerprint density at radius 1 is 1.50 bits per heavy atom. The molecule has 0 saturated heterocycles. The lowest BCUT2D eigenvalue weighted by atomic mass is 10.3. The Hall–Kier alpha value is -0.710. The molecule has 0 saturated carbocycles. The lowest BCUT2D eigenvalue weighted by Gasteiger charge is -2.01. The molecule has 0 aromatic carbocycles. The number of aromatic hydroxyl groups is 1. The fourth-order valence-corrected chi connectivity index (χ4v) is 2.18. The molecule has 1 aromatic heterocycles. The van der Waals surface area contributed by atoms with E-state index in [2.05, 4.69) is 15.9 Å². The van der Waals surface area contributed by atoms with E-state index < -0.39 is 0 Å². The van der Waals surface area contributed by atoms with Crippen LogP contribution in [0.15, 0.2) is 4.79 Å². The van der Waals surface area contributed by atoms with Gasteiger partial charge in [-0.2, -0.15) is 0 Å². The third-order valence-electron chi connectivity index (χ3n) is 2.61. The quantitative estimate of drug-likeness (QED) is 0.828. The molecule has 0 unspecified atom stereocenters. The van der Waals surface area contributed by atoms with E-state index in [9.17, 15) is 9.90 Å². The van der Waals surface area contributed by atoms with Gasteiger partial charge in [0.15, 0.2) is 0 Å². The molecule has 2 rings (SSSR count). The summed E-state index contributed by atoms with van der Waals surface area (Å²) in [6.45, 7) is 1.35. The summed E-state index contributed by atoms with van der Waals surface area (Å²) in [4.78, 5) is 11.7. The summed E-state index contributed by atoms with van der Waals surface area (Å²) in [5.41, 5.74) is 0.750. The van der Waals surface area contributed by atoms with E-state index in [1.807, 2.05) is 0 Å². The first kappa shape index (κ1) is 9.83. The molecular weight excluding hydrogens is 248 g/mol. The van der Waals surface area contributed by atoms with Gasteiger partial charge in [0.25, 0.3) is 0 Å². The number of nitrogens with zero attached hydrogens (tertiary/aromatic N) is 2. The van der Waals surface area contributed by atoms with Gasteiger partial charge in [-0.3, -0.25) is 9.13 Å². The standard InChI is InChI=1S/C9H13BrN2O2/c10-4-2-6-12-8(13)7-3-1-5-11(7)9(12)14/h13H,1-6H2. The molecule has 14 heavy (non-hydrogen) atoms. The second kappa shape index (κ2) is 3.81. The number of halogens is 1. The Morgan fingerprint density at radius 2 is 2.29 bits per heavy atom. The van der Waals surface area contributed by atoms with Crippen molar-refractivity contribution in [2.24, 2.45) is 0 Å². The van der Waals surface area contributed by atoms with Crippen molar-refractivity contribution in [2.45, 2.75) is 32.4 Å². The van der Waals surface area contributed by atoms with Crippen LogP contribution in [0.25, 0.3) is 0 Å². The van der Waals surface area contributed by atoms with Crippen molar-refractivity contribution in [3.8, 4) is 5.88 Å². The largest absolute Gasteiger partial charge is 0.493 e. The van der Waals surface area contributed by atoms with E-state index in [0.717, 1.165) is 36.8 Å². The molecule has 78 valence electrons. The molecule has 1 aliphatic rings. The SMILES string of the molecule is O=c1n(CCCBr)c(O)c2n1CCC2. The molecule has 0 radical (unpaired) electrons. The average Bonchev–Trinajstić information content (AvgIpc) is 2.72. The molecule has 0 amide bonds. The molecule has 0 aliphatic carbocycles. The molecule has 1 N–H and O–H groups in total. The number of hydrogen-bond donors (Lipinski definition) is 1. The van der Waals surface area contributed by atoms with Crippen LogP contribution in [0.2, 0.25) is 0 Å². The van der Waals surface area contributed by atoms with Crippen LogP contribution in [-0.2, 0) is 19.5 Å². The van der Waals surface area contributed by atoms with Crippen LogP contribution in [0, 0.1) is 0 Å². The Labute approximate surface area is 90.3 Å². The van der Waals surface area contributed by atoms with Crippen LogP contribution >= 0.6 is 15.9 Å². The molecule has 0 atom stereocenters. The molecule has 0 bridgehead atoms. The summed E-state index contributed by atoms with van der Waals surface area (Å²) < 4.78 is 3.15. The van der Waals surface area contributed by atoms with Crippen molar-refractivity contribution < 1.29 is 5.11 Å². The maximum atomic E-state index is 11.7. The number of imidazole rings is 1. The predicted molar refractivity (Wildman–Crippen MR) is 57.1 cm³/mol. The van der Waals surface area contributed by atoms with Crippen molar-refractivity contribution in [2.75, 3.05) is 5.33 Å². The van der Waals surface area contributed by atoms with E-state index in [-0.39, 0.29) is 11.6 Å². The minimum Gasteiger partial charge on any atom is -0.493 e. The van der Waals surface area contributed by atoms with Crippen LogP contribution < -0.4 is 5.69 Å². The van der Waals surface area contributed by atoms with Crippen LogP contribution in [0.5, 0.6) is 5.88 Å². The summed E-state index contributed by atoms with van der Waals surface area (Å²) >= 11 is 3.31. The van der Waals surface area contributed by atoms with E-state index in [1.165, 1.54) is 4.57 Å². The minimum absolute atomic E-state index is 0.0593. The monoisotopic (exact) mass is 260 g/mol. The Bertz CT molecular complexity index is 394. The van der Waals surface area contributed by atoms with E-state index in [4.69, 9.17) is 0 Å². The zero-order chi connectivity index (χ0) is 10.1. The highest BCUT2D eigenvalue weighted by atomic mass is 79.9. The highest BCUT2D eigenvalue weighted by Gasteiger charge is 2.22. The highest BCUT2D eigenvalue weighted by Crippen LogP contribution is 2.22. The van der Waals surface area contributed by atoms with Gasteiger partial charge in [-0.1, -0.05) is 15.9 Å². The molecule has 0 spiro atoms. The summed E-state index contributed by atoms with van der Waals surface area (Å²) in [5, 5.41) is 10.6. The van der Waals surface area contributed by atoms with Gasteiger partial charge in [0, 0.05) is 18.4 Å². The van der Waals surface area contributed by atoms with Gasteiger partial charge in [0.05, 0.1) is 5.69 Å². The zero-order valence-electron chi connectivity index (χ0n) is 7.87. The maximum absolute atomic E-state index is 11.7. The van der Waals surface area contributed by atoms with Gasteiger partial charge in [0.2, 0.25) is 5.88 Å². The van der Waals surface area contributed by atoms with Gasteiger partial charge in [-0.05, 0) is 19.3 Å². The summed E-state index contributed by atoms with van der Waals surface area (Å²) in [6, 6.07) is 0. The topological polar surface area (TPSA) is 47.2 Å². The number of aromatic nitrogens is 2. The fourth-order valence-electron chi connectivity index (χ4n) is 1.93. The summed E-state index contributed by atoms with van der Waals surface area (Å²) in [6.07, 6.45) is 2.65. The van der Waals surface area contributed by atoms with E-state index in [0.29, 0.717) is 6.54 Å². The lowest BCUT2D eigenvalue weighted by Crippen LogP contribution is -2.23. The van der Waals surface area contributed by atoms with Crippen LogP contribution in [-0.4, -0.2) is 19.6 Å². The van der Waals surface area contributed by atoms with Gasteiger partial charge in [-0.15, -0.1) is 0 Å². The second-order valence-electron chi connectivity index (χ2n) is 3.50. The average molecular weight is 261 g/mol. The maximum Gasteiger partial charge on any atom is 0.331 e. The number of alkyl halides is 1. The van der Waals surface area contributed by atoms with Gasteiger partial charge >= 0.3 is 5.69 Å². The first-order chi connectivity index (χ1) is 6.75. The van der Waals surface area contributed by atoms with Gasteiger partial charge in [0.1, 0.15) is 0 Å². The Kier molecular flexibility index (Phi) is 2.67. The molecule has 1 aliphatic heterocycles. The van der Waals surface area contributed by atoms with Crippen LogP contribution in [0.3, 0.4) is 0 Å².